The van der Waals surface area contributed by atoms with Crippen molar-refractivity contribution < 1.29 is 9.53 Å². The van der Waals surface area contributed by atoms with Crippen LogP contribution < -0.4 is 5.43 Å². The van der Waals surface area contributed by atoms with Crippen molar-refractivity contribution in [3.63, 3.8) is 0 Å². The van der Waals surface area contributed by atoms with Crippen LogP contribution >= 0.6 is 0 Å². The zero-order valence-corrected chi connectivity index (χ0v) is 11.4. The molecule has 4 heteroatoms. The minimum atomic E-state index is -0.378. The Balaban J connectivity index is 3.31. The van der Waals surface area contributed by atoms with Gasteiger partial charge < -0.3 is 10.2 Å². The van der Waals surface area contributed by atoms with Crippen LogP contribution in [0.5, 0.6) is 0 Å². The summed E-state index contributed by atoms with van der Waals surface area (Å²) in [5.41, 5.74) is 3.26. The first-order chi connectivity index (χ1) is 8.22. The number of hydrazone groups is 1. The van der Waals surface area contributed by atoms with E-state index in [-0.39, 0.29) is 5.97 Å². The van der Waals surface area contributed by atoms with E-state index in [2.05, 4.69) is 22.2 Å². The fourth-order valence-corrected chi connectivity index (χ4v) is 1.53. The van der Waals surface area contributed by atoms with Gasteiger partial charge >= 0.3 is 5.97 Å². The number of ether oxygens (including phenoxy) is 1. The first kappa shape index (κ1) is 15.9. The molecule has 0 fully saturated rings. The highest BCUT2D eigenvalue weighted by molar-refractivity contribution is 6.35. The van der Waals surface area contributed by atoms with Gasteiger partial charge in [-0.1, -0.05) is 45.4 Å². The Hall–Kier alpha value is -1.06. The Morgan fingerprint density at radius 2 is 1.71 bits per heavy atom. The fraction of sp³-hybridized carbons (Fsp3) is 0.846. The third-order valence-electron chi connectivity index (χ3n) is 2.62. The molecule has 0 aromatic carbocycles. The van der Waals surface area contributed by atoms with Crippen LogP contribution in [-0.4, -0.2) is 25.3 Å². The highest BCUT2D eigenvalue weighted by Crippen LogP contribution is 2.06. The van der Waals surface area contributed by atoms with Crippen LogP contribution in [0.3, 0.4) is 0 Å². The van der Waals surface area contributed by atoms with Gasteiger partial charge in [0.25, 0.3) is 0 Å². The summed E-state index contributed by atoms with van der Waals surface area (Å²) in [4.78, 5) is 11.0. The number of unbranched alkanes of at least 4 members (excludes halogenated alkanes) is 6. The van der Waals surface area contributed by atoms with E-state index < -0.39 is 0 Å². The second-order valence-corrected chi connectivity index (χ2v) is 4.22. The molecule has 0 rings (SSSR count). The Morgan fingerprint density at radius 3 is 2.29 bits per heavy atom. The van der Waals surface area contributed by atoms with Crippen molar-refractivity contribution in [2.24, 2.45) is 5.10 Å². The smallest absolute Gasteiger partial charge is 0.353 e. The molecule has 0 aliphatic carbocycles. The minimum Gasteiger partial charge on any atom is -0.464 e. The molecule has 4 nitrogen and oxygen atoms in total. The van der Waals surface area contributed by atoms with Crippen molar-refractivity contribution in [3.05, 3.63) is 0 Å². The quantitative estimate of drug-likeness (QED) is 0.277. The molecule has 0 amide bonds. The van der Waals surface area contributed by atoms with Gasteiger partial charge in [0.2, 0.25) is 0 Å². The number of carbonyl (C=O) groups is 1. The molecule has 0 aliphatic rings. The zero-order valence-electron chi connectivity index (χ0n) is 11.4. The maximum atomic E-state index is 11.0. The van der Waals surface area contributed by atoms with E-state index in [1.54, 1.807) is 6.92 Å². The highest BCUT2D eigenvalue weighted by atomic mass is 16.5. The summed E-state index contributed by atoms with van der Waals surface area (Å²) in [5.74, 6) is -0.378. The lowest BCUT2D eigenvalue weighted by atomic mass is 10.1. The van der Waals surface area contributed by atoms with Gasteiger partial charge in [-0.3, -0.25) is 0 Å². The summed E-state index contributed by atoms with van der Waals surface area (Å²) in [7, 11) is 1.36. The summed E-state index contributed by atoms with van der Waals surface area (Å²) in [6.45, 7) is 4.69. The monoisotopic (exact) mass is 242 g/mol. The standard InChI is InChI=1S/C13H26N2O2/c1-4-5-6-7-8-9-10-11-14-15-12(2)13(16)17-3/h14H,4-11H2,1-3H3/b15-12-. The first-order valence-corrected chi connectivity index (χ1v) is 6.57. The lowest BCUT2D eigenvalue weighted by Crippen LogP contribution is -2.17. The van der Waals surface area contributed by atoms with Crippen molar-refractivity contribution in [1.29, 1.82) is 0 Å². The van der Waals surface area contributed by atoms with Gasteiger partial charge in [-0.2, -0.15) is 5.10 Å². The number of methoxy groups -OCH3 is 1. The largest absolute Gasteiger partial charge is 0.464 e. The van der Waals surface area contributed by atoms with Gasteiger partial charge in [-0.05, 0) is 13.3 Å². The highest BCUT2D eigenvalue weighted by Gasteiger charge is 2.03. The molecular weight excluding hydrogens is 216 g/mol. The predicted octanol–water partition coefficient (Wildman–Crippen LogP) is 2.88. The second kappa shape index (κ2) is 11.4. The molecule has 0 radical (unpaired) electrons. The van der Waals surface area contributed by atoms with Gasteiger partial charge in [0, 0.05) is 6.54 Å². The molecule has 0 saturated heterocycles. The average Bonchev–Trinajstić information content (AvgIpc) is 2.35. The van der Waals surface area contributed by atoms with Gasteiger partial charge in [-0.15, -0.1) is 0 Å². The lowest BCUT2D eigenvalue weighted by molar-refractivity contribution is -0.132. The van der Waals surface area contributed by atoms with Crippen molar-refractivity contribution in [3.8, 4) is 0 Å². The Bertz CT molecular complexity index is 227. The summed E-state index contributed by atoms with van der Waals surface area (Å²) < 4.78 is 4.54. The normalized spacial score (nSPS) is 11.4. The maximum absolute atomic E-state index is 11.0. The number of esters is 1. The SMILES string of the molecule is CCCCCCCCCN/N=C(/C)C(=O)OC. The topological polar surface area (TPSA) is 50.7 Å². The third kappa shape index (κ3) is 9.85. The fourth-order valence-electron chi connectivity index (χ4n) is 1.53. The van der Waals surface area contributed by atoms with Crippen molar-refractivity contribution in [2.75, 3.05) is 13.7 Å². The molecule has 0 aliphatic heterocycles. The molecule has 100 valence electrons. The summed E-state index contributed by atoms with van der Waals surface area (Å²) >= 11 is 0. The summed E-state index contributed by atoms with van der Waals surface area (Å²) in [6.07, 6.45) is 8.95. The molecule has 0 unspecified atom stereocenters. The molecule has 0 heterocycles. The molecule has 1 N–H and O–H groups in total. The third-order valence-corrected chi connectivity index (χ3v) is 2.62. The lowest BCUT2D eigenvalue weighted by Gasteiger charge is -2.02. The summed E-state index contributed by atoms with van der Waals surface area (Å²) in [5, 5.41) is 3.93. The zero-order chi connectivity index (χ0) is 12.9. The van der Waals surface area contributed by atoms with Crippen molar-refractivity contribution in [2.45, 2.75) is 58.8 Å². The number of carbonyl (C=O) groups excluding carboxylic acids is 1. The first-order valence-electron chi connectivity index (χ1n) is 6.57. The Morgan fingerprint density at radius 1 is 1.12 bits per heavy atom. The van der Waals surface area contributed by atoms with E-state index in [1.165, 1.54) is 45.6 Å². The van der Waals surface area contributed by atoms with Crippen LogP contribution in [0.1, 0.15) is 58.8 Å². The van der Waals surface area contributed by atoms with Crippen LogP contribution in [0.15, 0.2) is 5.10 Å². The molecule has 0 bridgehead atoms. The Kier molecular flexibility index (Phi) is 10.7. The van der Waals surface area contributed by atoms with Crippen molar-refractivity contribution >= 4 is 11.7 Å². The van der Waals surface area contributed by atoms with E-state index in [9.17, 15) is 4.79 Å². The Labute approximate surface area is 105 Å². The average molecular weight is 242 g/mol. The predicted molar refractivity (Wildman–Crippen MR) is 71.1 cm³/mol. The summed E-state index contributed by atoms with van der Waals surface area (Å²) in [6, 6.07) is 0. The van der Waals surface area contributed by atoms with Crippen LogP contribution in [-0.2, 0) is 9.53 Å². The molecule has 0 aromatic rings. The molecule has 0 aromatic heterocycles. The van der Waals surface area contributed by atoms with Crippen LogP contribution in [0, 0.1) is 0 Å². The number of nitrogens with one attached hydrogen (secondary N) is 1. The van der Waals surface area contributed by atoms with Crippen LogP contribution in [0.25, 0.3) is 0 Å². The van der Waals surface area contributed by atoms with E-state index in [1.807, 2.05) is 0 Å². The number of nitrogens with zero attached hydrogens (tertiary/aromatic N) is 1. The second-order valence-electron chi connectivity index (χ2n) is 4.22. The molecular formula is C13H26N2O2. The van der Waals surface area contributed by atoms with Gasteiger partial charge in [0.15, 0.2) is 0 Å². The van der Waals surface area contributed by atoms with E-state index >= 15 is 0 Å². The molecule has 0 atom stereocenters. The van der Waals surface area contributed by atoms with E-state index in [4.69, 9.17) is 0 Å². The minimum absolute atomic E-state index is 0.371. The number of rotatable bonds is 10. The molecule has 0 saturated carbocycles. The van der Waals surface area contributed by atoms with Crippen LogP contribution in [0.2, 0.25) is 0 Å². The molecule has 0 spiro atoms. The van der Waals surface area contributed by atoms with Crippen LogP contribution in [0.4, 0.5) is 0 Å². The van der Waals surface area contributed by atoms with Gasteiger partial charge in [0.1, 0.15) is 5.71 Å². The number of hydrogen-bond donors (Lipinski definition) is 1. The van der Waals surface area contributed by atoms with Gasteiger partial charge in [-0.25, -0.2) is 4.79 Å². The van der Waals surface area contributed by atoms with E-state index in [0.29, 0.717) is 5.71 Å². The molecule has 17 heavy (non-hydrogen) atoms. The van der Waals surface area contributed by atoms with E-state index in [0.717, 1.165) is 13.0 Å². The van der Waals surface area contributed by atoms with Gasteiger partial charge in [0.05, 0.1) is 7.11 Å². The van der Waals surface area contributed by atoms with Crippen molar-refractivity contribution in [1.82, 2.24) is 5.43 Å². The number of hydrogen-bond acceptors (Lipinski definition) is 4. The maximum Gasteiger partial charge on any atom is 0.353 e.